The number of aliphatic hydroxyl groups is 2. The van der Waals surface area contributed by atoms with Crippen molar-refractivity contribution in [3.05, 3.63) is 0 Å². The molecule has 2 heteroatoms. The molecule has 0 rings (SSSR count). The van der Waals surface area contributed by atoms with Gasteiger partial charge in [0.05, 0.1) is 11.7 Å². The van der Waals surface area contributed by atoms with Crippen LogP contribution < -0.4 is 0 Å². The van der Waals surface area contributed by atoms with Gasteiger partial charge in [0.2, 0.25) is 0 Å². The van der Waals surface area contributed by atoms with Gasteiger partial charge in [0, 0.05) is 5.92 Å². The van der Waals surface area contributed by atoms with Gasteiger partial charge in [0.25, 0.3) is 0 Å². The molecule has 3 unspecified atom stereocenters. The molecule has 0 aromatic carbocycles. The first-order valence-electron chi connectivity index (χ1n) is 3.82. The lowest BCUT2D eigenvalue weighted by Gasteiger charge is -2.30. The summed E-state index contributed by atoms with van der Waals surface area (Å²) in [5, 5.41) is 18.7. The summed E-state index contributed by atoms with van der Waals surface area (Å²) in [6.45, 7) is 7.23. The molecule has 10 heavy (non-hydrogen) atoms. The predicted octanol–water partition coefficient (Wildman–Crippen LogP) is 1.16. The van der Waals surface area contributed by atoms with Gasteiger partial charge in [-0.05, 0) is 20.3 Å². The normalized spacial score (nSPS) is 23.4. The SMILES string of the molecule is CCC(C)(O)C(C)C(C)O. The van der Waals surface area contributed by atoms with E-state index in [1.54, 1.807) is 13.8 Å². The summed E-state index contributed by atoms with van der Waals surface area (Å²) in [6.07, 6.45) is 0.244. The topological polar surface area (TPSA) is 40.5 Å². The zero-order valence-electron chi connectivity index (χ0n) is 7.26. The van der Waals surface area contributed by atoms with Crippen molar-refractivity contribution >= 4 is 0 Å². The molecule has 0 aromatic rings. The Morgan fingerprint density at radius 3 is 1.90 bits per heavy atom. The molecule has 0 amide bonds. The Kier molecular flexibility index (Phi) is 3.33. The fraction of sp³-hybridized carbons (Fsp3) is 1.00. The standard InChI is InChI=1S/C8H18O2/c1-5-8(4,10)6(2)7(3)9/h6-7,9-10H,5H2,1-4H3. The molecule has 0 aliphatic carbocycles. The second kappa shape index (κ2) is 3.35. The maximum Gasteiger partial charge on any atom is 0.0667 e. The van der Waals surface area contributed by atoms with E-state index in [0.717, 1.165) is 0 Å². The van der Waals surface area contributed by atoms with E-state index in [2.05, 4.69) is 0 Å². The Morgan fingerprint density at radius 1 is 1.40 bits per heavy atom. The summed E-state index contributed by atoms with van der Waals surface area (Å²) in [6, 6.07) is 0. The average Bonchev–Trinajstić information content (AvgIpc) is 1.86. The molecule has 0 saturated carbocycles. The van der Waals surface area contributed by atoms with Gasteiger partial charge in [-0.3, -0.25) is 0 Å². The highest BCUT2D eigenvalue weighted by molar-refractivity contribution is 4.80. The van der Waals surface area contributed by atoms with Crippen molar-refractivity contribution in [3.63, 3.8) is 0 Å². The summed E-state index contributed by atoms with van der Waals surface area (Å²) >= 11 is 0. The molecule has 0 aromatic heterocycles. The minimum absolute atomic E-state index is 0.0579. The van der Waals surface area contributed by atoms with Crippen LogP contribution in [-0.4, -0.2) is 21.9 Å². The Bertz CT molecular complexity index is 97.4. The summed E-state index contributed by atoms with van der Waals surface area (Å²) in [5.74, 6) is -0.0579. The van der Waals surface area contributed by atoms with E-state index < -0.39 is 11.7 Å². The molecule has 0 bridgehead atoms. The van der Waals surface area contributed by atoms with Crippen molar-refractivity contribution < 1.29 is 10.2 Å². The van der Waals surface area contributed by atoms with E-state index in [0.29, 0.717) is 6.42 Å². The van der Waals surface area contributed by atoms with Crippen molar-refractivity contribution in [2.24, 2.45) is 5.92 Å². The highest BCUT2D eigenvalue weighted by Crippen LogP contribution is 2.22. The predicted molar refractivity (Wildman–Crippen MR) is 41.8 cm³/mol. The van der Waals surface area contributed by atoms with Crippen LogP contribution in [0.4, 0.5) is 0 Å². The minimum atomic E-state index is -0.728. The van der Waals surface area contributed by atoms with Gasteiger partial charge in [-0.15, -0.1) is 0 Å². The van der Waals surface area contributed by atoms with E-state index in [-0.39, 0.29) is 5.92 Å². The smallest absolute Gasteiger partial charge is 0.0667 e. The number of aliphatic hydroxyl groups excluding tert-OH is 1. The lowest BCUT2D eigenvalue weighted by Crippen LogP contribution is -2.38. The number of rotatable bonds is 3. The van der Waals surface area contributed by atoms with E-state index in [4.69, 9.17) is 5.11 Å². The molecule has 0 radical (unpaired) electrons. The fourth-order valence-corrected chi connectivity index (χ4v) is 0.842. The van der Waals surface area contributed by atoms with Crippen LogP contribution in [0, 0.1) is 5.92 Å². The summed E-state index contributed by atoms with van der Waals surface area (Å²) < 4.78 is 0. The number of hydrogen-bond donors (Lipinski definition) is 2. The van der Waals surface area contributed by atoms with E-state index >= 15 is 0 Å². The summed E-state index contributed by atoms with van der Waals surface area (Å²) in [7, 11) is 0. The quantitative estimate of drug-likeness (QED) is 0.627. The first-order valence-corrected chi connectivity index (χ1v) is 3.82. The molecular weight excluding hydrogens is 128 g/mol. The highest BCUT2D eigenvalue weighted by atomic mass is 16.3. The van der Waals surface area contributed by atoms with Crippen LogP contribution in [0.15, 0.2) is 0 Å². The van der Waals surface area contributed by atoms with E-state index in [1.165, 1.54) is 0 Å². The van der Waals surface area contributed by atoms with Crippen LogP contribution in [0.2, 0.25) is 0 Å². The van der Waals surface area contributed by atoms with Gasteiger partial charge >= 0.3 is 0 Å². The van der Waals surface area contributed by atoms with Gasteiger partial charge in [-0.1, -0.05) is 13.8 Å². The average molecular weight is 146 g/mol. The molecule has 0 fully saturated rings. The summed E-state index contributed by atoms with van der Waals surface area (Å²) in [4.78, 5) is 0. The van der Waals surface area contributed by atoms with Crippen molar-refractivity contribution in [2.75, 3.05) is 0 Å². The second-order valence-electron chi connectivity index (χ2n) is 3.24. The highest BCUT2D eigenvalue weighted by Gasteiger charge is 2.29. The van der Waals surface area contributed by atoms with E-state index in [1.807, 2.05) is 13.8 Å². The Morgan fingerprint density at radius 2 is 1.80 bits per heavy atom. The summed E-state index contributed by atoms with van der Waals surface area (Å²) in [5.41, 5.74) is -0.728. The van der Waals surface area contributed by atoms with Crippen molar-refractivity contribution in [1.29, 1.82) is 0 Å². The van der Waals surface area contributed by atoms with Crippen LogP contribution >= 0.6 is 0 Å². The number of hydrogen-bond acceptors (Lipinski definition) is 2. The van der Waals surface area contributed by atoms with Crippen molar-refractivity contribution in [3.8, 4) is 0 Å². The first kappa shape index (κ1) is 9.92. The minimum Gasteiger partial charge on any atom is -0.393 e. The molecular formula is C8H18O2. The van der Waals surface area contributed by atoms with Gasteiger partial charge in [0.1, 0.15) is 0 Å². The zero-order valence-corrected chi connectivity index (χ0v) is 7.26. The zero-order chi connectivity index (χ0) is 8.36. The molecule has 0 aliphatic rings. The maximum atomic E-state index is 9.60. The second-order valence-corrected chi connectivity index (χ2v) is 3.24. The molecule has 0 heterocycles. The monoisotopic (exact) mass is 146 g/mol. The molecule has 0 saturated heterocycles. The van der Waals surface area contributed by atoms with Gasteiger partial charge in [0.15, 0.2) is 0 Å². The Hall–Kier alpha value is -0.0800. The largest absolute Gasteiger partial charge is 0.393 e. The molecule has 2 nitrogen and oxygen atoms in total. The van der Waals surface area contributed by atoms with Gasteiger partial charge < -0.3 is 10.2 Å². The van der Waals surface area contributed by atoms with Crippen LogP contribution in [-0.2, 0) is 0 Å². The molecule has 62 valence electrons. The van der Waals surface area contributed by atoms with Gasteiger partial charge in [-0.25, -0.2) is 0 Å². The van der Waals surface area contributed by atoms with Gasteiger partial charge in [-0.2, -0.15) is 0 Å². The Balaban J connectivity index is 4.03. The van der Waals surface area contributed by atoms with Crippen LogP contribution in [0.25, 0.3) is 0 Å². The third kappa shape index (κ3) is 2.27. The maximum absolute atomic E-state index is 9.60. The lowest BCUT2D eigenvalue weighted by atomic mass is 9.85. The third-order valence-electron chi connectivity index (χ3n) is 2.42. The fourth-order valence-electron chi connectivity index (χ4n) is 0.842. The van der Waals surface area contributed by atoms with Crippen LogP contribution in [0.1, 0.15) is 34.1 Å². The van der Waals surface area contributed by atoms with Crippen LogP contribution in [0.5, 0.6) is 0 Å². The first-order chi connectivity index (χ1) is 4.41. The third-order valence-corrected chi connectivity index (χ3v) is 2.42. The van der Waals surface area contributed by atoms with E-state index in [9.17, 15) is 5.11 Å². The van der Waals surface area contributed by atoms with Crippen molar-refractivity contribution in [1.82, 2.24) is 0 Å². The van der Waals surface area contributed by atoms with Crippen LogP contribution in [0.3, 0.4) is 0 Å². The lowest BCUT2D eigenvalue weighted by molar-refractivity contribution is -0.0472. The Labute approximate surface area is 62.9 Å². The molecule has 0 aliphatic heterocycles. The molecule has 3 atom stereocenters. The van der Waals surface area contributed by atoms with Crippen molar-refractivity contribution in [2.45, 2.75) is 45.8 Å². The molecule has 2 N–H and O–H groups in total. The molecule has 0 spiro atoms.